The van der Waals surface area contributed by atoms with Gasteiger partial charge in [-0.3, -0.25) is 4.79 Å². The van der Waals surface area contributed by atoms with E-state index in [2.05, 4.69) is 5.32 Å². The second kappa shape index (κ2) is 3.98. The predicted octanol–water partition coefficient (Wildman–Crippen LogP) is 0.540. The molecule has 0 aliphatic rings. The van der Waals surface area contributed by atoms with E-state index in [1.165, 1.54) is 6.92 Å². The van der Waals surface area contributed by atoms with Crippen LogP contribution in [0.2, 0.25) is 0 Å². The molecule has 1 N–H and O–H groups in total. The van der Waals surface area contributed by atoms with Crippen molar-refractivity contribution in [3.8, 4) is 0 Å². The van der Waals surface area contributed by atoms with Crippen LogP contribution in [0.1, 0.15) is 27.7 Å². The molecule has 49 valence electrons. The number of rotatable bonds is 0. The van der Waals surface area contributed by atoms with Crippen molar-refractivity contribution in [1.82, 2.24) is 5.32 Å². The fraction of sp³-hybridized carbons (Fsp3) is 0.833. The maximum atomic E-state index is 10.3. The van der Waals surface area contributed by atoms with Gasteiger partial charge in [-0.15, -0.1) is 0 Å². The van der Waals surface area contributed by atoms with Gasteiger partial charge in [0.2, 0.25) is 5.91 Å². The average molecular weight is 122 g/mol. The zero-order chi connectivity index (χ0) is 6.78. The van der Waals surface area contributed by atoms with Gasteiger partial charge in [-0.25, -0.2) is 0 Å². The van der Waals surface area contributed by atoms with Gasteiger partial charge in [-0.2, -0.15) is 0 Å². The van der Waals surface area contributed by atoms with Gasteiger partial charge in [0.05, 0.1) is 0 Å². The summed E-state index contributed by atoms with van der Waals surface area (Å²) in [4.78, 5) is 10.3. The van der Waals surface area contributed by atoms with Crippen molar-refractivity contribution in [3.63, 3.8) is 0 Å². The molecule has 0 saturated heterocycles. The van der Waals surface area contributed by atoms with E-state index >= 15 is 0 Å². The van der Waals surface area contributed by atoms with Crippen LogP contribution in [0.5, 0.6) is 0 Å². The van der Waals surface area contributed by atoms with E-state index in [4.69, 9.17) is 0 Å². The molecule has 2 nitrogen and oxygen atoms in total. The van der Waals surface area contributed by atoms with E-state index in [-0.39, 0.29) is 30.3 Å². The first-order valence-electron chi connectivity index (χ1n) is 2.70. The molecule has 9 heavy (non-hydrogen) atoms. The van der Waals surface area contributed by atoms with Crippen molar-refractivity contribution >= 4 is 24.8 Å². The molecule has 3 heteroatoms. The third-order valence-corrected chi connectivity index (χ3v) is 0.551. The van der Waals surface area contributed by atoms with Crippen LogP contribution in [-0.4, -0.2) is 30.3 Å². The third-order valence-electron chi connectivity index (χ3n) is 0.551. The Labute approximate surface area is 68.6 Å². The first-order chi connectivity index (χ1) is 3.42. The molecule has 1 radical (unpaired) electrons. The van der Waals surface area contributed by atoms with Gasteiger partial charge >= 0.3 is 0 Å². The minimum atomic E-state index is -0.0775. The summed E-state index contributed by atoms with van der Waals surface area (Å²) in [7, 11) is 0. The van der Waals surface area contributed by atoms with Crippen LogP contribution < -0.4 is 5.32 Å². The minimum Gasteiger partial charge on any atom is -0.352 e. The van der Waals surface area contributed by atoms with Gasteiger partial charge in [-0.05, 0) is 20.8 Å². The van der Waals surface area contributed by atoms with E-state index < -0.39 is 0 Å². The Hall–Kier alpha value is 0.0674. The summed E-state index contributed by atoms with van der Waals surface area (Å²) in [6.07, 6.45) is 0. The summed E-state index contributed by atoms with van der Waals surface area (Å²) in [5.41, 5.74) is -0.0775. The Bertz CT molecular complexity index is 95.7. The Morgan fingerprint density at radius 2 is 1.67 bits per heavy atom. The first kappa shape index (κ1) is 11.8. The normalized spacial score (nSPS) is 9.78. The van der Waals surface area contributed by atoms with Gasteiger partial charge < -0.3 is 5.32 Å². The van der Waals surface area contributed by atoms with Crippen molar-refractivity contribution < 1.29 is 4.79 Å². The van der Waals surface area contributed by atoms with Crippen molar-refractivity contribution in [3.05, 3.63) is 0 Å². The van der Waals surface area contributed by atoms with Crippen molar-refractivity contribution in [2.24, 2.45) is 0 Å². The van der Waals surface area contributed by atoms with Gasteiger partial charge in [0.1, 0.15) is 0 Å². The molecule has 0 saturated carbocycles. The fourth-order valence-electron chi connectivity index (χ4n) is 0.528. The van der Waals surface area contributed by atoms with Gasteiger partial charge in [-0.1, -0.05) is 0 Å². The maximum absolute atomic E-state index is 10.3. The van der Waals surface area contributed by atoms with E-state index in [0.29, 0.717) is 0 Å². The molecule has 0 aliphatic carbocycles. The molecule has 0 spiro atoms. The summed E-state index contributed by atoms with van der Waals surface area (Å²) in [5.74, 6) is 0.0255. The van der Waals surface area contributed by atoms with Gasteiger partial charge in [0.15, 0.2) is 0 Å². The number of carbonyl (C=O) groups excluding carboxylic acids is 1. The largest absolute Gasteiger partial charge is 0.352 e. The average Bonchev–Trinajstić information content (AvgIpc) is 1.21. The van der Waals surface area contributed by atoms with Crippen LogP contribution in [0, 0.1) is 0 Å². The molecule has 0 unspecified atom stereocenters. The van der Waals surface area contributed by atoms with Crippen molar-refractivity contribution in [2.45, 2.75) is 33.2 Å². The minimum absolute atomic E-state index is 0. The molecular formula is C6H13LiNO. The third kappa shape index (κ3) is 11.6. The molecule has 0 aromatic carbocycles. The maximum Gasteiger partial charge on any atom is 0.217 e. The quantitative estimate of drug-likeness (QED) is 0.467. The van der Waals surface area contributed by atoms with Crippen molar-refractivity contribution in [2.75, 3.05) is 0 Å². The van der Waals surface area contributed by atoms with E-state index in [1.807, 2.05) is 20.8 Å². The Morgan fingerprint density at radius 3 is 1.67 bits per heavy atom. The molecule has 0 aromatic rings. The van der Waals surface area contributed by atoms with Gasteiger partial charge in [0, 0.05) is 31.3 Å². The van der Waals surface area contributed by atoms with Crippen LogP contribution in [-0.2, 0) is 4.79 Å². The van der Waals surface area contributed by atoms with E-state index in [9.17, 15) is 4.79 Å². The number of hydrogen-bond donors (Lipinski definition) is 1. The van der Waals surface area contributed by atoms with Crippen LogP contribution >= 0.6 is 0 Å². The second-order valence-electron chi connectivity index (χ2n) is 2.93. The summed E-state index contributed by atoms with van der Waals surface area (Å²) in [6.45, 7) is 7.38. The summed E-state index contributed by atoms with van der Waals surface area (Å²) in [5, 5.41) is 2.74. The first-order valence-corrected chi connectivity index (χ1v) is 2.70. The Balaban J connectivity index is 0. The molecule has 0 aromatic heterocycles. The fourth-order valence-corrected chi connectivity index (χ4v) is 0.528. The molecule has 0 aliphatic heterocycles. The SMILES string of the molecule is CC(=O)NC(C)(C)C.[Li]. The zero-order valence-corrected chi connectivity index (χ0v) is 6.91. The number of hydrogen-bond acceptors (Lipinski definition) is 1. The van der Waals surface area contributed by atoms with Crippen molar-refractivity contribution in [1.29, 1.82) is 0 Å². The number of nitrogens with one attached hydrogen (secondary N) is 1. The molecule has 0 heterocycles. The Kier molecular flexibility index (Phi) is 5.22. The van der Waals surface area contributed by atoms with Gasteiger partial charge in [0.25, 0.3) is 0 Å². The van der Waals surface area contributed by atoms with Crippen LogP contribution in [0.4, 0.5) is 0 Å². The Morgan fingerprint density at radius 1 is 1.33 bits per heavy atom. The number of carbonyl (C=O) groups is 1. The van der Waals surface area contributed by atoms with E-state index in [1.54, 1.807) is 0 Å². The van der Waals surface area contributed by atoms with Crippen LogP contribution in [0.15, 0.2) is 0 Å². The smallest absolute Gasteiger partial charge is 0.217 e. The summed E-state index contributed by atoms with van der Waals surface area (Å²) < 4.78 is 0. The number of amides is 1. The molecule has 0 atom stereocenters. The molecule has 1 amide bonds. The van der Waals surface area contributed by atoms with E-state index in [0.717, 1.165) is 0 Å². The molecule has 0 rings (SSSR count). The van der Waals surface area contributed by atoms with Crippen LogP contribution in [0.3, 0.4) is 0 Å². The predicted molar refractivity (Wildman–Crippen MR) is 39.3 cm³/mol. The summed E-state index contributed by atoms with van der Waals surface area (Å²) in [6, 6.07) is 0. The molecular weight excluding hydrogens is 109 g/mol. The monoisotopic (exact) mass is 122 g/mol. The molecule has 0 bridgehead atoms. The standard InChI is InChI=1S/C6H13NO.Li/c1-5(8)7-6(2,3)4;/h1-4H3,(H,7,8);. The summed E-state index contributed by atoms with van der Waals surface area (Å²) >= 11 is 0. The topological polar surface area (TPSA) is 29.1 Å². The zero-order valence-electron chi connectivity index (χ0n) is 6.91. The van der Waals surface area contributed by atoms with Crippen LogP contribution in [0.25, 0.3) is 0 Å². The second-order valence-corrected chi connectivity index (χ2v) is 2.93. The molecule has 0 fully saturated rings.